The van der Waals surface area contributed by atoms with E-state index in [1.165, 1.54) is 7.11 Å². The van der Waals surface area contributed by atoms with Crippen LogP contribution in [-0.2, 0) is 49.5 Å². The lowest BCUT2D eigenvalue weighted by atomic mass is 9.80. The number of hydrogen-bond donors (Lipinski definition) is 7. The summed E-state index contributed by atoms with van der Waals surface area (Å²) in [5.74, 6) is -7.29. The maximum atomic E-state index is 14.6. The molecule has 1 aliphatic carbocycles. The first-order valence-corrected chi connectivity index (χ1v) is 30.2. The standard InChI is InChI=1S/C62H100N8O14/c1-12-14-17-39(4)51(80-10)32-46-21-19-43(8)62(79,84-46)58(76)59(77)70-23-16-15-18-48(70)60(78)83-52(47(63)30-44-20-22-49(71)53(31-44)81-11)33-50(72)40(5)29-42(7)56(74)57(75)55(41(6)28-38(3)13-2)67-82-37-54(73)64-34-45-35-65-61(66-36-45)69-26-24-68(9)25-27-69/h12-14,17,29,35-36,38,40-41,43-44,46-53,56-57,71-72,74-75,79H,2,15-16,18-28,30-34,37,63H2,1,3-11H3,(H,64,73)/b14-12+,39-17+,42-29+,67-55+/t38-,40-,41-,43-,44+,46+,47-,48+,49-,50-,51+,52+,53-,56-,57+,62-/m1/s1. The number of ether oxygens (including phenoxy) is 4. The lowest BCUT2D eigenvalue weighted by molar-refractivity contribution is -0.265. The fourth-order valence-electron chi connectivity index (χ4n) is 11.7. The maximum Gasteiger partial charge on any atom is 0.329 e. The summed E-state index contributed by atoms with van der Waals surface area (Å²) in [6.45, 7) is 19.6. The van der Waals surface area contributed by atoms with Crippen molar-refractivity contribution >= 4 is 35.2 Å². The highest BCUT2D eigenvalue weighted by molar-refractivity contribution is 6.39. The zero-order chi connectivity index (χ0) is 61.8. The number of likely N-dealkylation sites (tertiary alicyclic amines) is 1. The van der Waals surface area contributed by atoms with E-state index in [2.05, 4.69) is 43.9 Å². The van der Waals surface area contributed by atoms with Crippen molar-refractivity contribution in [1.29, 1.82) is 0 Å². The quantitative estimate of drug-likeness (QED) is 0.0141. The fraction of sp³-hybridized carbons (Fsp3) is 0.726. The maximum absolute atomic E-state index is 14.6. The lowest BCUT2D eigenvalue weighted by Crippen LogP contribution is -2.61. The number of rotatable bonds is 30. The Hall–Kier alpha value is -5.01. The second kappa shape index (κ2) is 33.8. The number of nitrogens with one attached hydrogen (secondary N) is 1. The molecule has 472 valence electrons. The number of hydrogen-bond acceptors (Lipinski definition) is 20. The van der Waals surface area contributed by atoms with Crippen LogP contribution >= 0.6 is 0 Å². The summed E-state index contributed by atoms with van der Waals surface area (Å²) in [7, 11) is 5.18. The van der Waals surface area contributed by atoms with Crippen molar-refractivity contribution in [2.75, 3.05) is 65.5 Å². The molecule has 0 aromatic carbocycles. The van der Waals surface area contributed by atoms with Gasteiger partial charge in [0.15, 0.2) is 6.61 Å². The van der Waals surface area contributed by atoms with E-state index < -0.39 is 109 Å². The molecule has 1 aromatic rings. The van der Waals surface area contributed by atoms with Gasteiger partial charge in [-0.15, -0.1) is 6.58 Å². The SMILES string of the molecule is C=C[C@@H](C)C[C@@H](C)/C(=N\OCC(=O)NCc1cnc(N2CCN(C)CC2)nc1)[C@H](O)[C@H](O)/C(C)=C/[C@@H](C)[C@H](O)C[C@H](OC(=O)[C@@H]1CCCCN1C(=O)C(=O)[C@]1(O)O[C@H](C[C@H](OC)/C(C)=C/C=C/C)CC[C@H]1C)[C@H](N)C[C@@H]1CC[C@@H](O)[C@H](OC)C1. The highest BCUT2D eigenvalue weighted by atomic mass is 16.6. The number of likely N-dealkylation sites (N-methyl/N-ethyl adjacent to an activating group) is 1. The van der Waals surface area contributed by atoms with Gasteiger partial charge in [-0.2, -0.15) is 0 Å². The van der Waals surface area contributed by atoms with Crippen molar-refractivity contribution in [2.45, 2.75) is 199 Å². The minimum atomic E-state index is -2.46. The van der Waals surface area contributed by atoms with Crippen LogP contribution in [0.3, 0.4) is 0 Å². The average molecular weight is 1180 g/mol. The van der Waals surface area contributed by atoms with Gasteiger partial charge in [0.05, 0.1) is 36.2 Å². The molecule has 2 amide bonds. The molecule has 0 unspecified atom stereocenters. The van der Waals surface area contributed by atoms with Crippen molar-refractivity contribution in [3.63, 3.8) is 0 Å². The summed E-state index contributed by atoms with van der Waals surface area (Å²) in [5, 5.41) is 64.9. The number of anilines is 1. The number of esters is 1. The summed E-state index contributed by atoms with van der Waals surface area (Å²) in [4.78, 5) is 76.1. The zero-order valence-electron chi connectivity index (χ0n) is 51.5. The average Bonchev–Trinajstić information content (AvgIpc) is 1.86. The molecule has 8 N–H and O–H groups in total. The number of carbonyl (C=O) groups is 4. The molecule has 3 aliphatic heterocycles. The van der Waals surface area contributed by atoms with Crippen molar-refractivity contribution in [3.05, 3.63) is 66.1 Å². The van der Waals surface area contributed by atoms with E-state index in [4.69, 9.17) is 29.5 Å². The van der Waals surface area contributed by atoms with Gasteiger partial charge in [-0.3, -0.25) is 14.4 Å². The van der Waals surface area contributed by atoms with Gasteiger partial charge in [0.2, 0.25) is 11.7 Å². The molecule has 22 nitrogen and oxygen atoms in total. The Balaban J connectivity index is 1.29. The Labute approximate surface area is 497 Å². The molecule has 4 fully saturated rings. The topological polar surface area (TPSA) is 301 Å². The highest BCUT2D eigenvalue weighted by Gasteiger charge is 2.53. The predicted molar refractivity (Wildman–Crippen MR) is 319 cm³/mol. The molecule has 22 heteroatoms. The molecule has 1 aromatic heterocycles. The number of carbonyl (C=O) groups excluding carboxylic acids is 4. The summed E-state index contributed by atoms with van der Waals surface area (Å²) in [5.41, 5.74) is 8.95. The van der Waals surface area contributed by atoms with Crippen LogP contribution in [0.15, 0.2) is 65.7 Å². The smallest absolute Gasteiger partial charge is 0.329 e. The monoisotopic (exact) mass is 1180 g/mol. The third kappa shape index (κ3) is 19.8. The molecular formula is C62H100N8O14. The number of aliphatic hydroxyl groups is 5. The Morgan fingerprint density at radius 2 is 1.65 bits per heavy atom. The van der Waals surface area contributed by atoms with Gasteiger partial charge < -0.3 is 75.1 Å². The molecule has 0 radical (unpaired) electrons. The van der Waals surface area contributed by atoms with Crippen LogP contribution < -0.4 is 16.0 Å². The van der Waals surface area contributed by atoms with E-state index in [1.807, 2.05) is 45.9 Å². The molecular weight excluding hydrogens is 1080 g/mol. The Bertz CT molecular complexity index is 2400. The number of methoxy groups -OCH3 is 2. The second-order valence-corrected chi connectivity index (χ2v) is 24.1. The normalized spacial score (nSPS) is 27.4. The van der Waals surface area contributed by atoms with Crippen molar-refractivity contribution in [2.24, 2.45) is 40.5 Å². The fourth-order valence-corrected chi connectivity index (χ4v) is 11.7. The van der Waals surface area contributed by atoms with Gasteiger partial charge in [0, 0.05) is 108 Å². The summed E-state index contributed by atoms with van der Waals surface area (Å²) in [6.07, 6.45) is 9.59. The number of nitrogens with two attached hydrogens (primary N) is 1. The minimum Gasteiger partial charge on any atom is -0.459 e. The zero-order valence-corrected chi connectivity index (χ0v) is 51.5. The molecule has 1 saturated carbocycles. The molecule has 84 heavy (non-hydrogen) atoms. The van der Waals surface area contributed by atoms with E-state index >= 15 is 0 Å². The molecule has 4 heterocycles. The van der Waals surface area contributed by atoms with Gasteiger partial charge in [-0.05, 0) is 115 Å². The molecule has 0 bridgehead atoms. The first-order chi connectivity index (χ1) is 39.9. The van der Waals surface area contributed by atoms with Crippen LogP contribution in [0.1, 0.15) is 131 Å². The van der Waals surface area contributed by atoms with E-state index in [9.17, 15) is 44.7 Å². The number of piperazine rings is 1. The van der Waals surface area contributed by atoms with E-state index in [0.29, 0.717) is 75.7 Å². The van der Waals surface area contributed by atoms with Gasteiger partial charge >= 0.3 is 5.97 Å². The van der Waals surface area contributed by atoms with Crippen LogP contribution in [0.5, 0.6) is 0 Å². The first-order valence-electron chi connectivity index (χ1n) is 30.2. The molecule has 4 aliphatic rings. The number of aliphatic hydroxyl groups excluding tert-OH is 4. The number of oxime groups is 1. The third-order valence-electron chi connectivity index (χ3n) is 17.5. The Morgan fingerprint density at radius 1 is 0.952 bits per heavy atom. The number of amides is 2. The molecule has 0 spiro atoms. The summed E-state index contributed by atoms with van der Waals surface area (Å²) >= 11 is 0. The minimum absolute atomic E-state index is 0.000235. The van der Waals surface area contributed by atoms with Crippen molar-refractivity contribution in [3.8, 4) is 0 Å². The number of allylic oxidation sites excluding steroid dienone is 4. The van der Waals surface area contributed by atoms with Crippen LogP contribution in [-0.4, -0.2) is 202 Å². The predicted octanol–water partition coefficient (Wildman–Crippen LogP) is 4.31. The number of Topliss-reactive ketones (excluding diaryl/α,β-unsaturated/α-hetero) is 1. The Kier molecular flexibility index (Phi) is 28.0. The van der Waals surface area contributed by atoms with Crippen LogP contribution in [0.2, 0.25) is 0 Å². The van der Waals surface area contributed by atoms with E-state index in [0.717, 1.165) is 36.7 Å². The van der Waals surface area contributed by atoms with Crippen molar-refractivity contribution < 1.29 is 68.5 Å². The number of nitrogens with zero attached hydrogens (tertiary/aromatic N) is 6. The number of piperidine rings is 1. The van der Waals surface area contributed by atoms with Crippen molar-refractivity contribution in [1.82, 2.24) is 25.1 Å². The van der Waals surface area contributed by atoms with E-state index in [1.54, 1.807) is 52.4 Å². The first kappa shape index (κ1) is 69.8. The van der Waals surface area contributed by atoms with Crippen LogP contribution in [0.4, 0.5) is 5.95 Å². The molecule has 3 saturated heterocycles. The number of ketones is 1. The summed E-state index contributed by atoms with van der Waals surface area (Å²) < 4.78 is 23.7. The second-order valence-electron chi connectivity index (χ2n) is 24.1. The summed E-state index contributed by atoms with van der Waals surface area (Å²) in [6, 6.07) is -2.05. The van der Waals surface area contributed by atoms with Gasteiger partial charge in [-0.25, -0.2) is 14.8 Å². The van der Waals surface area contributed by atoms with E-state index in [-0.39, 0.29) is 55.2 Å². The largest absolute Gasteiger partial charge is 0.459 e. The van der Waals surface area contributed by atoms with Crippen LogP contribution in [0.25, 0.3) is 0 Å². The highest BCUT2D eigenvalue weighted by Crippen LogP contribution is 2.37. The van der Waals surface area contributed by atoms with Crippen LogP contribution in [0, 0.1) is 29.6 Å². The van der Waals surface area contributed by atoms with Gasteiger partial charge in [-0.1, -0.05) is 63.2 Å². The molecule has 5 rings (SSSR count). The van der Waals surface area contributed by atoms with Gasteiger partial charge in [0.1, 0.15) is 24.4 Å². The number of aromatic nitrogens is 2. The third-order valence-corrected chi connectivity index (χ3v) is 17.5. The van der Waals surface area contributed by atoms with Gasteiger partial charge in [0.25, 0.3) is 17.6 Å². The Morgan fingerprint density at radius 3 is 2.31 bits per heavy atom. The molecule has 16 atom stereocenters. The lowest BCUT2D eigenvalue weighted by Gasteiger charge is -2.42.